The lowest BCUT2D eigenvalue weighted by molar-refractivity contribution is 0.0631. The van der Waals surface area contributed by atoms with Gasteiger partial charge in [-0.05, 0) is 49.3 Å². The van der Waals surface area contributed by atoms with Crippen LogP contribution in [0.3, 0.4) is 0 Å². The maximum absolute atomic E-state index is 12.3. The number of carbonyl (C=O) groups is 1. The molecular weight excluding hydrogens is 252 g/mol. The van der Waals surface area contributed by atoms with Crippen molar-refractivity contribution < 1.29 is 9.53 Å². The molecule has 1 fully saturated rings. The summed E-state index contributed by atoms with van der Waals surface area (Å²) >= 11 is 0. The summed E-state index contributed by atoms with van der Waals surface area (Å²) in [6, 6.07) is 5.44. The van der Waals surface area contributed by atoms with E-state index in [2.05, 4.69) is 5.32 Å². The number of anilines is 1. The van der Waals surface area contributed by atoms with E-state index >= 15 is 0 Å². The van der Waals surface area contributed by atoms with Crippen LogP contribution in [0.25, 0.3) is 0 Å². The molecule has 4 heteroatoms. The van der Waals surface area contributed by atoms with Gasteiger partial charge in [-0.1, -0.05) is 12.5 Å². The maximum atomic E-state index is 12.3. The Morgan fingerprint density at radius 1 is 1.45 bits per heavy atom. The van der Waals surface area contributed by atoms with Crippen LogP contribution in [-0.2, 0) is 4.74 Å². The topological polar surface area (TPSA) is 64.3 Å². The second-order valence-corrected chi connectivity index (χ2v) is 5.85. The fraction of sp³-hybridized carbons (Fsp3) is 0.562. The number of nitrogen functional groups attached to an aromatic ring is 1. The largest absolute Gasteiger partial charge is 0.399 e. The number of amides is 1. The summed E-state index contributed by atoms with van der Waals surface area (Å²) in [7, 11) is 1.72. The fourth-order valence-electron chi connectivity index (χ4n) is 2.76. The number of methoxy groups -OCH3 is 1. The van der Waals surface area contributed by atoms with E-state index < -0.39 is 0 Å². The van der Waals surface area contributed by atoms with Gasteiger partial charge in [0.2, 0.25) is 0 Å². The number of hydrogen-bond donors (Lipinski definition) is 2. The van der Waals surface area contributed by atoms with Gasteiger partial charge in [-0.3, -0.25) is 4.79 Å². The molecule has 0 radical (unpaired) electrons. The minimum absolute atomic E-state index is 0.0292. The summed E-state index contributed by atoms with van der Waals surface area (Å²) in [4.78, 5) is 12.3. The molecule has 1 aliphatic rings. The predicted octanol–water partition coefficient (Wildman–Crippen LogP) is 2.51. The molecule has 20 heavy (non-hydrogen) atoms. The molecule has 0 spiro atoms. The monoisotopic (exact) mass is 276 g/mol. The third-order valence-electron chi connectivity index (χ3n) is 4.38. The molecule has 0 saturated heterocycles. The minimum atomic E-state index is -0.0292. The van der Waals surface area contributed by atoms with E-state index in [-0.39, 0.29) is 11.3 Å². The van der Waals surface area contributed by atoms with Crippen molar-refractivity contribution in [2.24, 2.45) is 5.41 Å². The number of nitrogens with one attached hydrogen (secondary N) is 1. The Labute approximate surface area is 120 Å². The second kappa shape index (κ2) is 6.27. The minimum Gasteiger partial charge on any atom is -0.399 e. The van der Waals surface area contributed by atoms with Gasteiger partial charge in [0.15, 0.2) is 0 Å². The van der Waals surface area contributed by atoms with Crippen molar-refractivity contribution in [2.45, 2.75) is 32.6 Å². The fourth-order valence-corrected chi connectivity index (χ4v) is 2.76. The Hall–Kier alpha value is -1.55. The number of ether oxygens (including phenoxy) is 1. The van der Waals surface area contributed by atoms with Crippen LogP contribution in [0.2, 0.25) is 0 Å². The first-order valence-corrected chi connectivity index (χ1v) is 7.20. The zero-order chi connectivity index (χ0) is 14.6. The second-order valence-electron chi connectivity index (χ2n) is 5.85. The molecule has 4 nitrogen and oxygen atoms in total. The van der Waals surface area contributed by atoms with Crippen molar-refractivity contribution in [1.29, 1.82) is 0 Å². The third-order valence-corrected chi connectivity index (χ3v) is 4.38. The van der Waals surface area contributed by atoms with Crippen LogP contribution in [0.1, 0.15) is 41.6 Å². The Kier molecular flexibility index (Phi) is 4.65. The third kappa shape index (κ3) is 3.31. The molecule has 0 heterocycles. The van der Waals surface area contributed by atoms with Crippen molar-refractivity contribution in [3.8, 4) is 0 Å². The van der Waals surface area contributed by atoms with Gasteiger partial charge in [0.25, 0.3) is 5.91 Å². The zero-order valence-corrected chi connectivity index (χ0v) is 12.4. The molecule has 1 aromatic rings. The van der Waals surface area contributed by atoms with Gasteiger partial charge in [0, 0.05) is 31.5 Å². The summed E-state index contributed by atoms with van der Waals surface area (Å²) in [6.45, 7) is 3.41. The van der Waals surface area contributed by atoms with Crippen molar-refractivity contribution in [3.05, 3.63) is 29.3 Å². The van der Waals surface area contributed by atoms with Crippen LogP contribution >= 0.6 is 0 Å². The molecule has 0 atom stereocenters. The first-order valence-electron chi connectivity index (χ1n) is 7.20. The number of aryl methyl sites for hydroxylation is 1. The van der Waals surface area contributed by atoms with Crippen LogP contribution < -0.4 is 11.1 Å². The zero-order valence-electron chi connectivity index (χ0n) is 12.4. The van der Waals surface area contributed by atoms with Gasteiger partial charge < -0.3 is 15.8 Å². The summed E-state index contributed by atoms with van der Waals surface area (Å²) in [5, 5.41) is 3.07. The highest BCUT2D eigenvalue weighted by Gasteiger charge is 2.36. The Morgan fingerprint density at radius 3 is 2.80 bits per heavy atom. The average Bonchev–Trinajstić information content (AvgIpc) is 2.39. The van der Waals surface area contributed by atoms with E-state index in [0.29, 0.717) is 11.3 Å². The molecule has 0 aromatic heterocycles. The van der Waals surface area contributed by atoms with Gasteiger partial charge in [0.1, 0.15) is 0 Å². The van der Waals surface area contributed by atoms with Gasteiger partial charge >= 0.3 is 0 Å². The van der Waals surface area contributed by atoms with Crippen molar-refractivity contribution in [3.63, 3.8) is 0 Å². The summed E-state index contributed by atoms with van der Waals surface area (Å²) < 4.78 is 5.17. The van der Waals surface area contributed by atoms with Crippen molar-refractivity contribution in [1.82, 2.24) is 5.32 Å². The Morgan fingerprint density at radius 2 is 2.20 bits per heavy atom. The molecule has 1 amide bonds. The van der Waals surface area contributed by atoms with Gasteiger partial charge in [-0.15, -0.1) is 0 Å². The highest BCUT2D eigenvalue weighted by molar-refractivity contribution is 5.96. The van der Waals surface area contributed by atoms with Crippen LogP contribution in [0.5, 0.6) is 0 Å². The lowest BCUT2D eigenvalue weighted by Crippen LogP contribution is -2.43. The van der Waals surface area contributed by atoms with E-state index in [9.17, 15) is 4.79 Å². The number of benzene rings is 1. The number of carbonyl (C=O) groups excluding carboxylic acids is 1. The average molecular weight is 276 g/mol. The van der Waals surface area contributed by atoms with Crippen LogP contribution in [0.15, 0.2) is 18.2 Å². The molecule has 2 rings (SSSR count). The standard InChI is InChI=1S/C16H24N2O2/c1-12-4-5-13(17)10-14(12)15(19)18-11-16(6-3-7-16)8-9-20-2/h4-5,10H,3,6-9,11,17H2,1-2H3,(H,18,19). The Bertz CT molecular complexity index is 481. The summed E-state index contributed by atoms with van der Waals surface area (Å²) in [6.07, 6.45) is 4.61. The summed E-state index contributed by atoms with van der Waals surface area (Å²) in [5.41, 5.74) is 8.24. The first kappa shape index (κ1) is 14.9. The normalized spacial score (nSPS) is 16.5. The SMILES string of the molecule is COCCC1(CNC(=O)c2cc(N)ccc2C)CCC1. The molecule has 0 bridgehead atoms. The maximum Gasteiger partial charge on any atom is 0.251 e. The van der Waals surface area contributed by atoms with E-state index in [4.69, 9.17) is 10.5 Å². The van der Waals surface area contributed by atoms with Gasteiger partial charge in [-0.25, -0.2) is 0 Å². The van der Waals surface area contributed by atoms with E-state index in [1.54, 1.807) is 13.2 Å². The number of nitrogens with two attached hydrogens (primary N) is 1. The highest BCUT2D eigenvalue weighted by atomic mass is 16.5. The van der Waals surface area contributed by atoms with Gasteiger partial charge in [0.05, 0.1) is 0 Å². The van der Waals surface area contributed by atoms with Crippen molar-refractivity contribution >= 4 is 11.6 Å². The lowest BCUT2D eigenvalue weighted by atomic mass is 9.66. The van der Waals surface area contributed by atoms with Crippen LogP contribution in [0, 0.1) is 12.3 Å². The van der Waals surface area contributed by atoms with E-state index in [1.807, 2.05) is 19.1 Å². The lowest BCUT2D eigenvalue weighted by Gasteiger charge is -2.42. The van der Waals surface area contributed by atoms with Crippen LogP contribution in [0.4, 0.5) is 5.69 Å². The van der Waals surface area contributed by atoms with Crippen molar-refractivity contribution in [2.75, 3.05) is 26.0 Å². The quantitative estimate of drug-likeness (QED) is 0.785. The summed E-state index contributed by atoms with van der Waals surface area (Å²) in [5.74, 6) is -0.0292. The van der Waals surface area contributed by atoms with E-state index in [1.165, 1.54) is 19.3 Å². The molecule has 1 saturated carbocycles. The smallest absolute Gasteiger partial charge is 0.251 e. The molecule has 0 aliphatic heterocycles. The number of rotatable bonds is 6. The molecule has 1 aromatic carbocycles. The molecular formula is C16H24N2O2. The number of hydrogen-bond acceptors (Lipinski definition) is 3. The molecule has 0 unspecified atom stereocenters. The van der Waals surface area contributed by atoms with Gasteiger partial charge in [-0.2, -0.15) is 0 Å². The molecule has 1 aliphatic carbocycles. The van der Waals surface area contributed by atoms with E-state index in [0.717, 1.165) is 25.1 Å². The van der Waals surface area contributed by atoms with Crippen LogP contribution in [-0.4, -0.2) is 26.2 Å². The Balaban J connectivity index is 1.96. The molecule has 3 N–H and O–H groups in total. The highest BCUT2D eigenvalue weighted by Crippen LogP contribution is 2.43. The molecule has 110 valence electrons. The first-order chi connectivity index (χ1) is 9.56. The predicted molar refractivity (Wildman–Crippen MR) is 80.7 cm³/mol.